The van der Waals surface area contributed by atoms with Crippen LogP contribution >= 0.6 is 23.2 Å². The van der Waals surface area contributed by atoms with Gasteiger partial charge in [-0.3, -0.25) is 4.72 Å². The number of rotatable bonds is 3. The average molecular weight is 269 g/mol. The molecule has 0 radical (unpaired) electrons. The third-order valence-corrected chi connectivity index (χ3v) is 3.84. The molecule has 0 heterocycles. The number of halogens is 2. The molecule has 84 valence electrons. The first-order valence-electron chi connectivity index (χ1n) is 3.98. The van der Waals surface area contributed by atoms with E-state index in [0.717, 1.165) is 4.31 Å². The molecule has 0 aliphatic carbocycles. The molecule has 0 bridgehead atoms. The summed E-state index contributed by atoms with van der Waals surface area (Å²) < 4.78 is 26.3. The Hall–Kier alpha value is -0.490. The summed E-state index contributed by atoms with van der Waals surface area (Å²) in [4.78, 5) is 0. The van der Waals surface area contributed by atoms with Crippen molar-refractivity contribution >= 4 is 39.1 Å². The molecule has 0 aliphatic heterocycles. The maximum Gasteiger partial charge on any atom is 0.301 e. The molecular formula is C8H10Cl2N2O2S. The Morgan fingerprint density at radius 3 is 2.27 bits per heavy atom. The predicted octanol–water partition coefficient (Wildman–Crippen LogP) is 2.21. The molecule has 1 aromatic carbocycles. The zero-order valence-electron chi connectivity index (χ0n) is 8.16. The van der Waals surface area contributed by atoms with E-state index in [-0.39, 0.29) is 0 Å². The van der Waals surface area contributed by atoms with Gasteiger partial charge in [0.15, 0.2) is 0 Å². The van der Waals surface area contributed by atoms with Gasteiger partial charge in [-0.1, -0.05) is 23.2 Å². The quantitative estimate of drug-likeness (QED) is 0.914. The number of nitrogens with zero attached hydrogens (tertiary/aromatic N) is 1. The number of anilines is 1. The lowest BCUT2D eigenvalue weighted by atomic mass is 10.3. The summed E-state index contributed by atoms with van der Waals surface area (Å²) >= 11 is 11.4. The van der Waals surface area contributed by atoms with E-state index in [1.54, 1.807) is 0 Å². The van der Waals surface area contributed by atoms with Crippen molar-refractivity contribution in [2.75, 3.05) is 18.8 Å². The molecule has 0 atom stereocenters. The fourth-order valence-electron chi connectivity index (χ4n) is 0.800. The SMILES string of the molecule is CN(C)S(=O)(=O)Nc1ccc(Cl)c(Cl)c1. The Labute approximate surface area is 99.0 Å². The summed E-state index contributed by atoms with van der Waals surface area (Å²) in [6.07, 6.45) is 0. The summed E-state index contributed by atoms with van der Waals surface area (Å²) in [6.45, 7) is 0. The molecule has 0 saturated carbocycles. The van der Waals surface area contributed by atoms with Crippen molar-refractivity contribution in [3.63, 3.8) is 0 Å². The number of hydrogen-bond donors (Lipinski definition) is 1. The molecule has 1 rings (SSSR count). The van der Waals surface area contributed by atoms with E-state index in [2.05, 4.69) is 4.72 Å². The van der Waals surface area contributed by atoms with Crippen molar-refractivity contribution in [2.24, 2.45) is 0 Å². The second-order valence-electron chi connectivity index (χ2n) is 3.02. The van der Waals surface area contributed by atoms with Crippen LogP contribution in [-0.2, 0) is 10.2 Å². The molecule has 15 heavy (non-hydrogen) atoms. The first kappa shape index (κ1) is 12.6. The highest BCUT2D eigenvalue weighted by Crippen LogP contribution is 2.25. The Bertz CT molecular complexity index is 460. The minimum absolute atomic E-state index is 0.302. The molecule has 0 aliphatic rings. The van der Waals surface area contributed by atoms with Crippen molar-refractivity contribution < 1.29 is 8.42 Å². The van der Waals surface area contributed by atoms with Gasteiger partial charge in [0.2, 0.25) is 0 Å². The highest BCUT2D eigenvalue weighted by Gasteiger charge is 2.13. The summed E-state index contributed by atoms with van der Waals surface area (Å²) in [6, 6.07) is 4.51. The van der Waals surface area contributed by atoms with E-state index in [1.165, 1.54) is 32.3 Å². The van der Waals surface area contributed by atoms with Gasteiger partial charge in [0.05, 0.1) is 15.7 Å². The zero-order valence-corrected chi connectivity index (χ0v) is 10.5. The normalized spacial score (nSPS) is 11.8. The molecule has 0 saturated heterocycles. The fraction of sp³-hybridized carbons (Fsp3) is 0.250. The second kappa shape index (κ2) is 4.57. The highest BCUT2D eigenvalue weighted by molar-refractivity contribution is 7.90. The summed E-state index contributed by atoms with van der Waals surface area (Å²) in [5.41, 5.74) is 0.373. The van der Waals surface area contributed by atoms with E-state index in [0.29, 0.717) is 15.7 Å². The van der Waals surface area contributed by atoms with Crippen LogP contribution in [0.3, 0.4) is 0 Å². The standard InChI is InChI=1S/C8H10Cl2N2O2S/c1-12(2)15(13,14)11-6-3-4-7(9)8(10)5-6/h3-5,11H,1-2H3. The molecule has 7 heteroatoms. The van der Waals surface area contributed by atoms with Crippen molar-refractivity contribution in [2.45, 2.75) is 0 Å². The van der Waals surface area contributed by atoms with Gasteiger partial charge in [0.1, 0.15) is 0 Å². The lowest BCUT2D eigenvalue weighted by Gasteiger charge is -2.13. The monoisotopic (exact) mass is 268 g/mol. The van der Waals surface area contributed by atoms with Gasteiger partial charge < -0.3 is 0 Å². The smallest absolute Gasteiger partial charge is 0.271 e. The van der Waals surface area contributed by atoms with Gasteiger partial charge in [-0.15, -0.1) is 0 Å². The molecular weight excluding hydrogens is 259 g/mol. The highest BCUT2D eigenvalue weighted by atomic mass is 35.5. The third-order valence-electron chi connectivity index (χ3n) is 1.65. The van der Waals surface area contributed by atoms with E-state index >= 15 is 0 Å². The lowest BCUT2D eigenvalue weighted by molar-refractivity contribution is 0.527. The first-order chi connectivity index (χ1) is 6.83. The molecule has 1 aromatic rings. The van der Waals surface area contributed by atoms with Gasteiger partial charge in [0.25, 0.3) is 0 Å². The predicted molar refractivity (Wildman–Crippen MR) is 62.7 cm³/mol. The number of benzene rings is 1. The van der Waals surface area contributed by atoms with Crippen LogP contribution in [0, 0.1) is 0 Å². The molecule has 0 fully saturated rings. The van der Waals surface area contributed by atoms with Crippen molar-refractivity contribution in [3.8, 4) is 0 Å². The van der Waals surface area contributed by atoms with Crippen LogP contribution in [0.5, 0.6) is 0 Å². The summed E-state index contributed by atoms with van der Waals surface area (Å²) in [5.74, 6) is 0. The lowest BCUT2D eigenvalue weighted by Crippen LogP contribution is -2.28. The van der Waals surface area contributed by atoms with E-state index < -0.39 is 10.2 Å². The first-order valence-corrected chi connectivity index (χ1v) is 6.18. The molecule has 0 amide bonds. The van der Waals surface area contributed by atoms with Crippen LogP contribution in [0.4, 0.5) is 5.69 Å². The number of nitrogens with one attached hydrogen (secondary N) is 1. The van der Waals surface area contributed by atoms with Crippen LogP contribution in [-0.4, -0.2) is 26.8 Å². The second-order valence-corrected chi connectivity index (χ2v) is 5.72. The molecule has 4 nitrogen and oxygen atoms in total. The largest absolute Gasteiger partial charge is 0.301 e. The maximum absolute atomic E-state index is 11.4. The minimum atomic E-state index is -3.50. The van der Waals surface area contributed by atoms with Gasteiger partial charge in [-0.2, -0.15) is 12.7 Å². The Morgan fingerprint density at radius 2 is 1.80 bits per heavy atom. The maximum atomic E-state index is 11.4. The Kier molecular flexibility index (Phi) is 3.83. The van der Waals surface area contributed by atoms with Crippen LogP contribution in [0.15, 0.2) is 18.2 Å². The zero-order chi connectivity index (χ0) is 11.6. The average Bonchev–Trinajstić information content (AvgIpc) is 2.10. The van der Waals surface area contributed by atoms with Gasteiger partial charge in [0, 0.05) is 14.1 Å². The molecule has 1 N–H and O–H groups in total. The summed E-state index contributed by atoms with van der Waals surface area (Å²) in [7, 11) is -0.638. The Balaban J connectivity index is 2.96. The summed E-state index contributed by atoms with van der Waals surface area (Å²) in [5, 5.41) is 0.681. The number of hydrogen-bond acceptors (Lipinski definition) is 2. The van der Waals surface area contributed by atoms with Crippen LogP contribution in [0.25, 0.3) is 0 Å². The van der Waals surface area contributed by atoms with Crippen molar-refractivity contribution in [1.29, 1.82) is 0 Å². The van der Waals surface area contributed by atoms with E-state index in [9.17, 15) is 8.42 Å². The Morgan fingerprint density at radius 1 is 1.20 bits per heavy atom. The van der Waals surface area contributed by atoms with Crippen molar-refractivity contribution in [3.05, 3.63) is 28.2 Å². The fourth-order valence-corrected chi connectivity index (χ4v) is 1.71. The third kappa shape index (κ3) is 3.24. The van der Waals surface area contributed by atoms with Crippen molar-refractivity contribution in [1.82, 2.24) is 4.31 Å². The van der Waals surface area contributed by atoms with Crippen LogP contribution in [0.2, 0.25) is 10.0 Å². The van der Waals surface area contributed by atoms with E-state index in [4.69, 9.17) is 23.2 Å². The van der Waals surface area contributed by atoms with Gasteiger partial charge in [-0.25, -0.2) is 0 Å². The molecule has 0 aromatic heterocycles. The van der Waals surface area contributed by atoms with Crippen LogP contribution in [0.1, 0.15) is 0 Å². The van der Waals surface area contributed by atoms with Crippen LogP contribution < -0.4 is 4.72 Å². The topological polar surface area (TPSA) is 49.4 Å². The van der Waals surface area contributed by atoms with Gasteiger partial charge >= 0.3 is 10.2 Å². The molecule has 0 spiro atoms. The van der Waals surface area contributed by atoms with E-state index in [1.807, 2.05) is 0 Å². The minimum Gasteiger partial charge on any atom is -0.271 e. The van der Waals surface area contributed by atoms with Gasteiger partial charge in [-0.05, 0) is 18.2 Å². The molecule has 0 unspecified atom stereocenters.